The minimum absolute atomic E-state index is 0.0228. The number of methoxy groups -OCH3 is 1. The van der Waals surface area contributed by atoms with Gasteiger partial charge in [-0.05, 0) is 68.9 Å². The summed E-state index contributed by atoms with van der Waals surface area (Å²) in [4.78, 5) is 15.8. The molecule has 1 aliphatic heterocycles. The lowest BCUT2D eigenvalue weighted by Crippen LogP contribution is -2.34. The molecule has 30 heavy (non-hydrogen) atoms. The monoisotopic (exact) mass is 431 g/mol. The topological polar surface area (TPSA) is 79.0 Å². The number of hydrogen-bond acceptors (Lipinski definition) is 5. The fraction of sp³-hybridized carbons (Fsp3) is 0.409. The molecule has 1 heterocycles. The summed E-state index contributed by atoms with van der Waals surface area (Å²) in [5.74, 6) is 0.687. The van der Waals surface area contributed by atoms with E-state index in [-0.39, 0.29) is 29.4 Å². The van der Waals surface area contributed by atoms with Gasteiger partial charge in [-0.15, -0.1) is 0 Å². The van der Waals surface area contributed by atoms with Gasteiger partial charge in [0.2, 0.25) is 15.9 Å². The average molecular weight is 432 g/mol. The molecule has 2 aromatic carbocycles. The lowest BCUT2D eigenvalue weighted by atomic mass is 10.1. The molecule has 2 atom stereocenters. The predicted octanol–water partition coefficient (Wildman–Crippen LogP) is 2.57. The maximum atomic E-state index is 13.0. The molecule has 0 saturated carbocycles. The van der Waals surface area contributed by atoms with Gasteiger partial charge in [-0.2, -0.15) is 0 Å². The molecule has 3 rings (SSSR count). The first kappa shape index (κ1) is 22.3. The Labute approximate surface area is 178 Å². The lowest BCUT2D eigenvalue weighted by Gasteiger charge is -2.25. The Balaban J connectivity index is 1.81. The van der Waals surface area contributed by atoms with Gasteiger partial charge >= 0.3 is 0 Å². The highest BCUT2D eigenvalue weighted by molar-refractivity contribution is 7.89. The number of likely N-dealkylation sites (N-methyl/N-ethyl adjacent to an activating group) is 1. The Morgan fingerprint density at radius 3 is 2.63 bits per heavy atom. The summed E-state index contributed by atoms with van der Waals surface area (Å²) in [6, 6.07) is 12.4. The summed E-state index contributed by atoms with van der Waals surface area (Å²) in [7, 11) is 1.72. The van der Waals surface area contributed by atoms with Crippen LogP contribution in [0.15, 0.2) is 47.4 Å². The van der Waals surface area contributed by atoms with Crippen LogP contribution in [0.5, 0.6) is 5.75 Å². The molecule has 0 aliphatic carbocycles. The van der Waals surface area contributed by atoms with E-state index in [0.29, 0.717) is 6.42 Å². The van der Waals surface area contributed by atoms with E-state index >= 15 is 0 Å². The summed E-state index contributed by atoms with van der Waals surface area (Å²) in [6.45, 7) is 3.71. The molecule has 0 unspecified atom stereocenters. The van der Waals surface area contributed by atoms with Gasteiger partial charge in [0.05, 0.1) is 12.0 Å². The van der Waals surface area contributed by atoms with Crippen LogP contribution in [0.4, 0.5) is 5.69 Å². The number of nitrogens with zero attached hydrogens (tertiary/aromatic N) is 2. The Bertz CT molecular complexity index is 1040. The number of ether oxygens (including phenoxy) is 1. The number of carbonyl (C=O) groups excluding carboxylic acids is 1. The van der Waals surface area contributed by atoms with Crippen molar-refractivity contribution >= 4 is 21.6 Å². The summed E-state index contributed by atoms with van der Waals surface area (Å²) in [6.07, 6.45) is 0.641. The molecule has 8 heteroatoms. The first-order valence-corrected chi connectivity index (χ1v) is 11.3. The SMILES string of the molecule is COc1cccc([C@H](CNS(=O)(=O)c2ccc3c(c2)C[C@@H](C)N3C(C)=O)N(C)C)c1. The van der Waals surface area contributed by atoms with E-state index in [1.807, 2.05) is 50.2 Å². The van der Waals surface area contributed by atoms with Crippen LogP contribution in [0.25, 0.3) is 0 Å². The molecule has 0 radical (unpaired) electrons. The number of hydrogen-bond donors (Lipinski definition) is 1. The van der Waals surface area contributed by atoms with E-state index in [4.69, 9.17) is 4.74 Å². The van der Waals surface area contributed by atoms with E-state index in [1.165, 1.54) is 6.92 Å². The fourth-order valence-corrected chi connectivity index (χ4v) is 5.06. The van der Waals surface area contributed by atoms with E-state index in [2.05, 4.69) is 4.72 Å². The smallest absolute Gasteiger partial charge is 0.240 e. The molecule has 0 saturated heterocycles. The number of rotatable bonds is 7. The van der Waals surface area contributed by atoms with Crippen molar-refractivity contribution in [1.82, 2.24) is 9.62 Å². The fourth-order valence-electron chi connectivity index (χ4n) is 3.97. The number of sulfonamides is 1. The zero-order valence-electron chi connectivity index (χ0n) is 18.0. The van der Waals surface area contributed by atoms with Gasteiger partial charge < -0.3 is 14.5 Å². The maximum Gasteiger partial charge on any atom is 0.240 e. The van der Waals surface area contributed by atoms with Crippen molar-refractivity contribution in [1.29, 1.82) is 0 Å². The Hall–Kier alpha value is -2.42. The standard InChI is InChI=1S/C22H29N3O4S/c1-15-11-18-13-20(9-10-21(18)25(15)16(2)26)30(27,28)23-14-22(24(3)4)17-7-6-8-19(12-17)29-5/h6-10,12-13,15,22-23H,11,14H2,1-5H3/t15-,22+/m1/s1. The molecule has 0 bridgehead atoms. The zero-order chi connectivity index (χ0) is 22.1. The van der Waals surface area contributed by atoms with Crippen molar-refractivity contribution in [2.24, 2.45) is 0 Å². The van der Waals surface area contributed by atoms with Crippen LogP contribution in [-0.2, 0) is 21.2 Å². The predicted molar refractivity (Wildman–Crippen MR) is 117 cm³/mol. The van der Waals surface area contributed by atoms with Gasteiger partial charge in [0.25, 0.3) is 0 Å². The molecular formula is C22H29N3O4S. The third-order valence-electron chi connectivity index (χ3n) is 5.48. The lowest BCUT2D eigenvalue weighted by molar-refractivity contribution is -0.116. The Morgan fingerprint density at radius 2 is 2.00 bits per heavy atom. The van der Waals surface area contributed by atoms with E-state index < -0.39 is 10.0 Å². The van der Waals surface area contributed by atoms with Crippen molar-refractivity contribution in [2.75, 3.05) is 32.6 Å². The molecule has 162 valence electrons. The van der Waals surface area contributed by atoms with Gasteiger partial charge in [-0.25, -0.2) is 13.1 Å². The number of fused-ring (bicyclic) bond motifs is 1. The van der Waals surface area contributed by atoms with Gasteiger partial charge in [-0.1, -0.05) is 12.1 Å². The summed E-state index contributed by atoms with van der Waals surface area (Å²) in [5, 5.41) is 0. The quantitative estimate of drug-likeness (QED) is 0.729. The molecule has 1 N–H and O–H groups in total. The molecule has 1 amide bonds. The highest BCUT2D eigenvalue weighted by atomic mass is 32.2. The number of nitrogens with one attached hydrogen (secondary N) is 1. The van der Waals surface area contributed by atoms with Crippen LogP contribution < -0.4 is 14.4 Å². The van der Waals surface area contributed by atoms with Crippen LogP contribution in [-0.4, -0.2) is 53.0 Å². The maximum absolute atomic E-state index is 13.0. The largest absolute Gasteiger partial charge is 0.497 e. The van der Waals surface area contributed by atoms with Crippen molar-refractivity contribution in [3.63, 3.8) is 0 Å². The van der Waals surface area contributed by atoms with Gasteiger partial charge in [0, 0.05) is 31.2 Å². The third kappa shape index (κ3) is 4.50. The molecule has 1 aliphatic rings. The van der Waals surface area contributed by atoms with Gasteiger partial charge in [0.1, 0.15) is 5.75 Å². The molecular weight excluding hydrogens is 402 g/mol. The number of anilines is 1. The minimum atomic E-state index is -3.70. The normalized spacial score (nSPS) is 17.1. The number of carbonyl (C=O) groups is 1. The van der Waals surface area contributed by atoms with Crippen LogP contribution in [0.3, 0.4) is 0 Å². The second kappa shape index (κ2) is 8.75. The molecule has 0 aromatic heterocycles. The second-order valence-corrected chi connectivity index (χ2v) is 9.61. The number of amides is 1. The zero-order valence-corrected chi connectivity index (χ0v) is 18.9. The van der Waals surface area contributed by atoms with Crippen molar-refractivity contribution < 1.29 is 17.9 Å². The van der Waals surface area contributed by atoms with E-state index in [9.17, 15) is 13.2 Å². The number of benzene rings is 2. The molecule has 0 fully saturated rings. The summed E-state index contributed by atoms with van der Waals surface area (Å²) >= 11 is 0. The molecule has 2 aromatic rings. The molecule has 7 nitrogen and oxygen atoms in total. The van der Waals surface area contributed by atoms with E-state index in [1.54, 1.807) is 30.2 Å². The van der Waals surface area contributed by atoms with Gasteiger partial charge in [-0.3, -0.25) is 4.79 Å². The summed E-state index contributed by atoms with van der Waals surface area (Å²) < 4.78 is 34.0. The Kier molecular flexibility index (Phi) is 6.50. The summed E-state index contributed by atoms with van der Waals surface area (Å²) in [5.41, 5.74) is 2.62. The van der Waals surface area contributed by atoms with Gasteiger partial charge in [0.15, 0.2) is 0 Å². The molecule has 0 spiro atoms. The van der Waals surface area contributed by atoms with E-state index in [0.717, 1.165) is 22.6 Å². The van der Waals surface area contributed by atoms with Crippen molar-refractivity contribution in [3.05, 3.63) is 53.6 Å². The first-order chi connectivity index (χ1) is 14.1. The van der Waals surface area contributed by atoms with Crippen LogP contribution >= 0.6 is 0 Å². The minimum Gasteiger partial charge on any atom is -0.497 e. The van der Waals surface area contributed by atoms with Crippen molar-refractivity contribution in [2.45, 2.75) is 37.2 Å². The second-order valence-electron chi connectivity index (χ2n) is 7.84. The first-order valence-electron chi connectivity index (χ1n) is 9.87. The highest BCUT2D eigenvalue weighted by Crippen LogP contribution is 2.34. The highest BCUT2D eigenvalue weighted by Gasteiger charge is 2.30. The Morgan fingerprint density at radius 1 is 1.27 bits per heavy atom. The van der Waals surface area contributed by atoms with Crippen LogP contribution in [0.1, 0.15) is 31.0 Å². The van der Waals surface area contributed by atoms with Crippen LogP contribution in [0.2, 0.25) is 0 Å². The average Bonchev–Trinajstić information content (AvgIpc) is 3.03. The van der Waals surface area contributed by atoms with Crippen LogP contribution in [0, 0.1) is 0 Å². The third-order valence-corrected chi connectivity index (χ3v) is 6.91. The van der Waals surface area contributed by atoms with Crippen molar-refractivity contribution in [3.8, 4) is 5.75 Å².